The molecular weight excluding hydrogens is 363 g/mol. The minimum Gasteiger partial charge on any atom is -0.341 e. The van der Waals surface area contributed by atoms with Gasteiger partial charge in [-0.25, -0.2) is 4.39 Å². The molecule has 0 aliphatic carbocycles. The summed E-state index contributed by atoms with van der Waals surface area (Å²) in [6.07, 6.45) is 0. The SMILES string of the molecule is CCn1c(SCC(=O)N(C)Cc2ccccc2F)nnc1-c1ccccc1. The molecule has 0 bridgehead atoms. The van der Waals surface area contributed by atoms with E-state index < -0.39 is 0 Å². The average Bonchev–Trinajstić information content (AvgIpc) is 3.11. The van der Waals surface area contributed by atoms with Crippen molar-refractivity contribution in [3.8, 4) is 11.4 Å². The monoisotopic (exact) mass is 384 g/mol. The maximum Gasteiger partial charge on any atom is 0.233 e. The Hall–Kier alpha value is -2.67. The fraction of sp³-hybridized carbons (Fsp3) is 0.250. The van der Waals surface area contributed by atoms with Crippen molar-refractivity contribution in [2.45, 2.75) is 25.2 Å². The van der Waals surface area contributed by atoms with E-state index >= 15 is 0 Å². The largest absolute Gasteiger partial charge is 0.341 e. The van der Waals surface area contributed by atoms with Gasteiger partial charge in [0.1, 0.15) is 5.82 Å². The number of nitrogens with zero attached hydrogens (tertiary/aromatic N) is 4. The molecular formula is C20H21FN4OS. The molecule has 3 aromatic rings. The second kappa shape index (κ2) is 8.81. The molecule has 0 atom stereocenters. The molecule has 0 fully saturated rings. The second-order valence-electron chi connectivity index (χ2n) is 6.05. The van der Waals surface area contributed by atoms with Gasteiger partial charge < -0.3 is 9.47 Å². The van der Waals surface area contributed by atoms with Crippen LogP contribution in [0.3, 0.4) is 0 Å². The third kappa shape index (κ3) is 4.54. The normalized spacial score (nSPS) is 10.8. The summed E-state index contributed by atoms with van der Waals surface area (Å²) in [5.74, 6) is 0.615. The molecule has 7 heteroatoms. The number of carbonyl (C=O) groups is 1. The minimum absolute atomic E-state index is 0.0878. The van der Waals surface area contributed by atoms with Gasteiger partial charge in [0, 0.05) is 31.3 Å². The maximum absolute atomic E-state index is 13.8. The summed E-state index contributed by atoms with van der Waals surface area (Å²) < 4.78 is 15.8. The Labute approximate surface area is 162 Å². The van der Waals surface area contributed by atoms with E-state index in [1.807, 2.05) is 41.8 Å². The van der Waals surface area contributed by atoms with Crippen molar-refractivity contribution in [2.75, 3.05) is 12.8 Å². The molecule has 0 saturated heterocycles. The molecule has 0 unspecified atom stereocenters. The van der Waals surface area contributed by atoms with E-state index in [1.165, 1.54) is 22.7 Å². The summed E-state index contributed by atoms with van der Waals surface area (Å²) in [4.78, 5) is 14.0. The van der Waals surface area contributed by atoms with Gasteiger partial charge in [0.15, 0.2) is 11.0 Å². The number of thioether (sulfide) groups is 1. The average molecular weight is 384 g/mol. The van der Waals surface area contributed by atoms with Gasteiger partial charge in [-0.15, -0.1) is 10.2 Å². The van der Waals surface area contributed by atoms with Crippen molar-refractivity contribution in [2.24, 2.45) is 0 Å². The van der Waals surface area contributed by atoms with E-state index in [1.54, 1.807) is 25.2 Å². The lowest BCUT2D eigenvalue weighted by Crippen LogP contribution is -2.28. The maximum atomic E-state index is 13.8. The molecule has 2 aromatic carbocycles. The molecule has 0 saturated carbocycles. The number of rotatable bonds is 7. The summed E-state index contributed by atoms with van der Waals surface area (Å²) in [5, 5.41) is 9.21. The highest BCUT2D eigenvalue weighted by molar-refractivity contribution is 7.99. The van der Waals surface area contributed by atoms with Gasteiger partial charge in [0.2, 0.25) is 5.91 Å². The van der Waals surface area contributed by atoms with Crippen molar-refractivity contribution < 1.29 is 9.18 Å². The Kier molecular flexibility index (Phi) is 6.24. The summed E-state index contributed by atoms with van der Waals surface area (Å²) in [7, 11) is 1.68. The first-order chi connectivity index (χ1) is 13.1. The number of halogens is 1. The van der Waals surface area contributed by atoms with Gasteiger partial charge in [-0.3, -0.25) is 4.79 Å². The van der Waals surface area contributed by atoms with Crippen LogP contribution >= 0.6 is 11.8 Å². The van der Waals surface area contributed by atoms with Crippen LogP contribution in [0.2, 0.25) is 0 Å². The van der Waals surface area contributed by atoms with Crippen LogP contribution in [0.5, 0.6) is 0 Å². The van der Waals surface area contributed by atoms with Gasteiger partial charge in [-0.1, -0.05) is 60.3 Å². The van der Waals surface area contributed by atoms with Crippen molar-refractivity contribution in [1.29, 1.82) is 0 Å². The molecule has 0 spiro atoms. The first-order valence-corrected chi connectivity index (χ1v) is 9.67. The Morgan fingerprint density at radius 1 is 1.11 bits per heavy atom. The van der Waals surface area contributed by atoms with Crippen LogP contribution in [-0.4, -0.2) is 38.4 Å². The molecule has 5 nitrogen and oxygen atoms in total. The summed E-state index contributed by atoms with van der Waals surface area (Å²) >= 11 is 1.34. The number of aromatic nitrogens is 3. The van der Waals surface area contributed by atoms with Gasteiger partial charge in [0.05, 0.1) is 5.75 Å². The van der Waals surface area contributed by atoms with E-state index in [9.17, 15) is 9.18 Å². The lowest BCUT2D eigenvalue weighted by molar-refractivity contribution is -0.127. The molecule has 3 rings (SSSR count). The van der Waals surface area contributed by atoms with Crippen molar-refractivity contribution in [3.63, 3.8) is 0 Å². The Bertz CT molecular complexity index is 913. The van der Waals surface area contributed by atoms with Crippen LogP contribution in [0.4, 0.5) is 4.39 Å². The molecule has 0 N–H and O–H groups in total. The lowest BCUT2D eigenvalue weighted by atomic mass is 10.2. The third-order valence-corrected chi connectivity index (χ3v) is 5.13. The van der Waals surface area contributed by atoms with E-state index in [4.69, 9.17) is 0 Å². The number of amides is 1. The summed E-state index contributed by atoms with van der Waals surface area (Å²) in [6.45, 7) is 2.96. The zero-order valence-electron chi connectivity index (χ0n) is 15.3. The molecule has 0 radical (unpaired) electrons. The second-order valence-corrected chi connectivity index (χ2v) is 6.99. The van der Waals surface area contributed by atoms with Crippen LogP contribution < -0.4 is 0 Å². The Morgan fingerprint density at radius 3 is 2.52 bits per heavy atom. The van der Waals surface area contributed by atoms with E-state index in [0.717, 1.165) is 11.4 Å². The number of carbonyl (C=O) groups excluding carboxylic acids is 1. The first-order valence-electron chi connectivity index (χ1n) is 8.69. The number of hydrogen-bond donors (Lipinski definition) is 0. The first kappa shape index (κ1) is 19.1. The quantitative estimate of drug-likeness (QED) is 0.581. The van der Waals surface area contributed by atoms with Gasteiger partial charge in [-0.2, -0.15) is 0 Å². The predicted octanol–water partition coefficient (Wildman–Crippen LogP) is 3.85. The molecule has 140 valence electrons. The van der Waals surface area contributed by atoms with Crippen LogP contribution in [0.15, 0.2) is 59.8 Å². The lowest BCUT2D eigenvalue weighted by Gasteiger charge is -2.17. The molecule has 1 aromatic heterocycles. The topological polar surface area (TPSA) is 51.0 Å². The fourth-order valence-corrected chi connectivity index (χ4v) is 3.63. The van der Waals surface area contributed by atoms with Gasteiger partial charge >= 0.3 is 0 Å². The van der Waals surface area contributed by atoms with Crippen LogP contribution in [-0.2, 0) is 17.9 Å². The van der Waals surface area contributed by atoms with E-state index in [0.29, 0.717) is 17.3 Å². The molecule has 27 heavy (non-hydrogen) atoms. The zero-order valence-corrected chi connectivity index (χ0v) is 16.1. The van der Waals surface area contributed by atoms with Crippen LogP contribution in [0, 0.1) is 5.82 Å². The summed E-state index contributed by atoms with van der Waals surface area (Å²) in [6, 6.07) is 16.3. The highest BCUT2D eigenvalue weighted by Gasteiger charge is 2.16. The van der Waals surface area contributed by atoms with E-state index in [2.05, 4.69) is 10.2 Å². The Balaban J connectivity index is 1.65. The molecule has 1 heterocycles. The zero-order chi connectivity index (χ0) is 19.2. The fourth-order valence-electron chi connectivity index (χ4n) is 2.69. The van der Waals surface area contributed by atoms with Crippen LogP contribution in [0.1, 0.15) is 12.5 Å². The van der Waals surface area contributed by atoms with Gasteiger partial charge in [-0.05, 0) is 13.0 Å². The van der Waals surface area contributed by atoms with Crippen molar-refractivity contribution in [3.05, 3.63) is 66.0 Å². The van der Waals surface area contributed by atoms with Gasteiger partial charge in [0.25, 0.3) is 0 Å². The number of benzene rings is 2. The third-order valence-electron chi connectivity index (χ3n) is 4.18. The predicted molar refractivity (Wildman–Crippen MR) is 105 cm³/mol. The van der Waals surface area contributed by atoms with Crippen molar-refractivity contribution >= 4 is 17.7 Å². The smallest absolute Gasteiger partial charge is 0.233 e. The minimum atomic E-state index is -0.303. The van der Waals surface area contributed by atoms with E-state index in [-0.39, 0.29) is 24.0 Å². The molecule has 0 aliphatic heterocycles. The standard InChI is InChI=1S/C20H21FN4OS/c1-3-25-19(15-9-5-4-6-10-15)22-23-20(25)27-14-18(26)24(2)13-16-11-7-8-12-17(16)21/h4-12H,3,13-14H2,1-2H3. The summed E-state index contributed by atoms with van der Waals surface area (Å²) in [5.41, 5.74) is 1.49. The van der Waals surface area contributed by atoms with Crippen molar-refractivity contribution in [1.82, 2.24) is 19.7 Å². The highest BCUT2D eigenvalue weighted by atomic mass is 32.2. The van der Waals surface area contributed by atoms with Crippen LogP contribution in [0.25, 0.3) is 11.4 Å². The number of hydrogen-bond acceptors (Lipinski definition) is 4. The highest BCUT2D eigenvalue weighted by Crippen LogP contribution is 2.24. The molecule has 1 amide bonds. The molecule has 0 aliphatic rings. The Morgan fingerprint density at radius 2 is 1.81 bits per heavy atom.